The van der Waals surface area contributed by atoms with Crippen LogP contribution in [0.2, 0.25) is 0 Å². The molecule has 23 heavy (non-hydrogen) atoms. The molecule has 0 atom stereocenters. The van der Waals surface area contributed by atoms with E-state index < -0.39 is 0 Å². The highest BCUT2D eigenvalue weighted by molar-refractivity contribution is 5.61. The number of benzene rings is 1. The summed E-state index contributed by atoms with van der Waals surface area (Å²) in [6, 6.07) is 7.96. The van der Waals surface area contributed by atoms with E-state index in [0.717, 1.165) is 54.4 Å². The van der Waals surface area contributed by atoms with Crippen molar-refractivity contribution in [3.8, 4) is 0 Å². The van der Waals surface area contributed by atoms with E-state index in [-0.39, 0.29) is 0 Å². The van der Waals surface area contributed by atoms with Crippen molar-refractivity contribution in [1.29, 1.82) is 0 Å². The molecule has 2 aromatic rings. The van der Waals surface area contributed by atoms with Crippen LogP contribution in [0.4, 0.5) is 23.1 Å². The summed E-state index contributed by atoms with van der Waals surface area (Å²) >= 11 is 0. The summed E-state index contributed by atoms with van der Waals surface area (Å²) in [5.41, 5.74) is 9.74. The Morgan fingerprint density at radius 3 is 2.43 bits per heavy atom. The van der Waals surface area contributed by atoms with Gasteiger partial charge in [0.15, 0.2) is 0 Å². The summed E-state index contributed by atoms with van der Waals surface area (Å²) in [6.07, 6.45) is 2.02. The van der Waals surface area contributed by atoms with Crippen molar-refractivity contribution in [3.05, 3.63) is 35.5 Å². The molecule has 5 heteroatoms. The minimum absolute atomic E-state index is 0.641. The molecule has 124 valence electrons. The van der Waals surface area contributed by atoms with E-state index in [1.807, 2.05) is 25.1 Å². The van der Waals surface area contributed by atoms with Gasteiger partial charge in [0.05, 0.1) is 0 Å². The van der Waals surface area contributed by atoms with Crippen LogP contribution in [0.5, 0.6) is 0 Å². The Labute approximate surface area is 138 Å². The highest BCUT2D eigenvalue weighted by atomic mass is 15.2. The van der Waals surface area contributed by atoms with Crippen molar-refractivity contribution in [2.24, 2.45) is 0 Å². The second kappa shape index (κ2) is 7.81. The quantitative estimate of drug-likeness (QED) is 0.759. The normalized spacial score (nSPS) is 10.6. The second-order valence-corrected chi connectivity index (χ2v) is 5.66. The smallest absolute Gasteiger partial charge is 0.229 e. The highest BCUT2D eigenvalue weighted by Gasteiger charge is 2.09. The molecule has 1 aromatic carbocycles. The zero-order valence-corrected chi connectivity index (χ0v) is 14.6. The predicted octanol–water partition coefficient (Wildman–Crippen LogP) is 3.91. The zero-order valence-electron chi connectivity index (χ0n) is 14.6. The molecule has 3 N–H and O–H groups in total. The standard InChI is InChI=1S/C18H27N5/c1-5-8-14-12-17(23(6-2)7-3)22-18(20-14)21-15-9-10-16(19)13(4)11-15/h9-12H,5-8,19H2,1-4H3,(H,20,21,22). The van der Waals surface area contributed by atoms with Gasteiger partial charge in [-0.05, 0) is 51.0 Å². The number of aryl methyl sites for hydroxylation is 2. The molecule has 0 saturated heterocycles. The number of nitrogens with one attached hydrogen (secondary N) is 1. The van der Waals surface area contributed by atoms with Gasteiger partial charge in [-0.15, -0.1) is 0 Å². The summed E-state index contributed by atoms with van der Waals surface area (Å²) < 4.78 is 0. The fourth-order valence-corrected chi connectivity index (χ4v) is 2.52. The van der Waals surface area contributed by atoms with Crippen LogP contribution in [0.15, 0.2) is 24.3 Å². The largest absolute Gasteiger partial charge is 0.399 e. The first-order valence-electron chi connectivity index (χ1n) is 8.33. The van der Waals surface area contributed by atoms with Gasteiger partial charge < -0.3 is 16.0 Å². The average Bonchev–Trinajstić information content (AvgIpc) is 2.52. The summed E-state index contributed by atoms with van der Waals surface area (Å²) in [5, 5.41) is 3.31. The molecule has 1 heterocycles. The monoisotopic (exact) mass is 313 g/mol. The molecule has 0 unspecified atom stereocenters. The van der Waals surface area contributed by atoms with Crippen molar-refractivity contribution in [2.45, 2.75) is 40.5 Å². The van der Waals surface area contributed by atoms with Gasteiger partial charge in [-0.1, -0.05) is 13.3 Å². The van der Waals surface area contributed by atoms with Gasteiger partial charge in [-0.25, -0.2) is 4.98 Å². The van der Waals surface area contributed by atoms with Crippen LogP contribution in [0.3, 0.4) is 0 Å². The molecule has 0 saturated carbocycles. The number of hydrogen-bond donors (Lipinski definition) is 2. The van der Waals surface area contributed by atoms with E-state index >= 15 is 0 Å². The first kappa shape index (κ1) is 17.1. The first-order valence-corrected chi connectivity index (χ1v) is 8.33. The van der Waals surface area contributed by atoms with Gasteiger partial charge >= 0.3 is 0 Å². The third kappa shape index (κ3) is 4.34. The van der Waals surface area contributed by atoms with E-state index in [2.05, 4.69) is 47.0 Å². The van der Waals surface area contributed by atoms with Crippen molar-refractivity contribution in [3.63, 3.8) is 0 Å². The van der Waals surface area contributed by atoms with Gasteiger partial charge in [0, 0.05) is 36.2 Å². The lowest BCUT2D eigenvalue weighted by molar-refractivity contribution is 0.824. The first-order chi connectivity index (χ1) is 11.1. The van der Waals surface area contributed by atoms with Crippen LogP contribution in [0.25, 0.3) is 0 Å². The summed E-state index contributed by atoms with van der Waals surface area (Å²) in [7, 11) is 0. The van der Waals surface area contributed by atoms with E-state index in [9.17, 15) is 0 Å². The van der Waals surface area contributed by atoms with Crippen LogP contribution in [0, 0.1) is 6.92 Å². The molecule has 0 bridgehead atoms. The number of hydrogen-bond acceptors (Lipinski definition) is 5. The lowest BCUT2D eigenvalue weighted by Gasteiger charge is -2.21. The SMILES string of the molecule is CCCc1cc(N(CC)CC)nc(Nc2ccc(N)c(C)c2)n1. The lowest BCUT2D eigenvalue weighted by atomic mass is 10.2. The average molecular weight is 313 g/mol. The predicted molar refractivity (Wildman–Crippen MR) is 98.5 cm³/mol. The van der Waals surface area contributed by atoms with Gasteiger partial charge in [0.1, 0.15) is 5.82 Å². The molecule has 0 aliphatic carbocycles. The maximum Gasteiger partial charge on any atom is 0.229 e. The fourth-order valence-electron chi connectivity index (χ4n) is 2.52. The molecule has 1 aromatic heterocycles. The van der Waals surface area contributed by atoms with Crippen LogP contribution < -0.4 is 16.0 Å². The number of nitrogens with zero attached hydrogens (tertiary/aromatic N) is 3. The minimum Gasteiger partial charge on any atom is -0.399 e. The van der Waals surface area contributed by atoms with E-state index in [1.165, 1.54) is 0 Å². The van der Waals surface area contributed by atoms with Crippen molar-refractivity contribution in [2.75, 3.05) is 29.0 Å². The molecule has 0 radical (unpaired) electrons. The molecule has 0 spiro atoms. The summed E-state index contributed by atoms with van der Waals surface area (Å²) in [5.74, 6) is 1.62. The minimum atomic E-state index is 0.641. The topological polar surface area (TPSA) is 67.1 Å². The number of nitrogens with two attached hydrogens (primary N) is 1. The maximum absolute atomic E-state index is 5.88. The van der Waals surface area contributed by atoms with E-state index in [0.29, 0.717) is 5.95 Å². The Balaban J connectivity index is 2.33. The molecule has 5 nitrogen and oxygen atoms in total. The Kier molecular flexibility index (Phi) is 5.79. The van der Waals surface area contributed by atoms with E-state index in [1.54, 1.807) is 0 Å². The van der Waals surface area contributed by atoms with Gasteiger partial charge in [0.25, 0.3) is 0 Å². The van der Waals surface area contributed by atoms with Crippen LogP contribution in [-0.2, 0) is 6.42 Å². The maximum atomic E-state index is 5.88. The molecule has 0 aliphatic heterocycles. The van der Waals surface area contributed by atoms with Crippen molar-refractivity contribution < 1.29 is 0 Å². The van der Waals surface area contributed by atoms with Crippen molar-refractivity contribution in [1.82, 2.24) is 9.97 Å². The van der Waals surface area contributed by atoms with Gasteiger partial charge in [-0.2, -0.15) is 4.98 Å². The third-order valence-corrected chi connectivity index (χ3v) is 3.89. The van der Waals surface area contributed by atoms with Crippen LogP contribution in [-0.4, -0.2) is 23.1 Å². The third-order valence-electron chi connectivity index (χ3n) is 3.89. The number of anilines is 4. The molecule has 0 fully saturated rings. The van der Waals surface area contributed by atoms with Gasteiger partial charge in [0.2, 0.25) is 5.95 Å². The molecular weight excluding hydrogens is 286 g/mol. The zero-order chi connectivity index (χ0) is 16.8. The number of rotatable bonds is 7. The van der Waals surface area contributed by atoms with Gasteiger partial charge in [-0.3, -0.25) is 0 Å². The molecule has 0 aliphatic rings. The second-order valence-electron chi connectivity index (χ2n) is 5.66. The fraction of sp³-hybridized carbons (Fsp3) is 0.444. The molecular formula is C18H27N5. The Morgan fingerprint density at radius 1 is 1.09 bits per heavy atom. The Bertz CT molecular complexity index is 650. The highest BCUT2D eigenvalue weighted by Crippen LogP contribution is 2.22. The van der Waals surface area contributed by atoms with E-state index in [4.69, 9.17) is 5.73 Å². The number of aromatic nitrogens is 2. The summed E-state index contributed by atoms with van der Waals surface area (Å²) in [4.78, 5) is 11.6. The van der Waals surface area contributed by atoms with Crippen molar-refractivity contribution >= 4 is 23.1 Å². The van der Waals surface area contributed by atoms with Crippen LogP contribution in [0.1, 0.15) is 38.4 Å². The Hall–Kier alpha value is -2.30. The molecule has 2 rings (SSSR count). The summed E-state index contributed by atoms with van der Waals surface area (Å²) in [6.45, 7) is 10.3. The number of nitrogen functional groups attached to an aromatic ring is 1. The Morgan fingerprint density at radius 2 is 1.83 bits per heavy atom. The lowest BCUT2D eigenvalue weighted by Crippen LogP contribution is -2.23. The molecule has 0 amide bonds. The van der Waals surface area contributed by atoms with Crippen LogP contribution >= 0.6 is 0 Å².